The Morgan fingerprint density at radius 2 is 1.80 bits per heavy atom. The second-order valence-corrected chi connectivity index (χ2v) is 7.55. The van der Waals surface area contributed by atoms with Crippen molar-refractivity contribution in [2.75, 3.05) is 44.2 Å². The maximum absolute atomic E-state index is 11.6. The highest BCUT2D eigenvalue weighted by Crippen LogP contribution is 2.27. The van der Waals surface area contributed by atoms with Crippen LogP contribution in [0.1, 0.15) is 30.9 Å². The van der Waals surface area contributed by atoms with E-state index in [1.165, 1.54) is 16.8 Å². The van der Waals surface area contributed by atoms with Crippen molar-refractivity contribution in [2.45, 2.75) is 45.8 Å². The second-order valence-electron chi connectivity index (χ2n) is 7.55. The summed E-state index contributed by atoms with van der Waals surface area (Å²) in [7, 11) is 0. The van der Waals surface area contributed by atoms with Gasteiger partial charge in [0.25, 0.3) is 0 Å². The normalized spacial score (nSPS) is 23.6. The summed E-state index contributed by atoms with van der Waals surface area (Å²) >= 11 is 0. The lowest BCUT2D eigenvalue weighted by Crippen LogP contribution is -2.47. The topological polar surface area (TPSA) is 47.0 Å². The number of benzene rings is 1. The van der Waals surface area contributed by atoms with Gasteiger partial charge in [-0.3, -0.25) is 9.69 Å². The van der Waals surface area contributed by atoms with Gasteiger partial charge in [0.15, 0.2) is 0 Å². The summed E-state index contributed by atoms with van der Waals surface area (Å²) in [5, 5.41) is 10.3. The highest BCUT2D eigenvalue weighted by atomic mass is 16.3. The summed E-state index contributed by atoms with van der Waals surface area (Å²) < 4.78 is 0. The SMILES string of the molecule is CC(=O)N1CCN(C2CCN(c3cccc(C)c3C)CC2)CC(O)C1. The van der Waals surface area contributed by atoms with Crippen molar-refractivity contribution in [1.29, 1.82) is 0 Å². The number of hydrogen-bond donors (Lipinski definition) is 1. The molecule has 2 aliphatic heterocycles. The van der Waals surface area contributed by atoms with Crippen molar-refractivity contribution in [3.8, 4) is 0 Å². The first-order valence-electron chi connectivity index (χ1n) is 9.44. The van der Waals surface area contributed by atoms with Gasteiger partial charge < -0.3 is 14.9 Å². The van der Waals surface area contributed by atoms with Crippen LogP contribution in [-0.4, -0.2) is 72.2 Å². The van der Waals surface area contributed by atoms with Gasteiger partial charge in [0.2, 0.25) is 5.91 Å². The zero-order valence-corrected chi connectivity index (χ0v) is 15.7. The summed E-state index contributed by atoms with van der Waals surface area (Å²) in [5.41, 5.74) is 4.08. The molecule has 0 saturated carbocycles. The molecule has 2 fully saturated rings. The molecule has 5 heteroatoms. The molecule has 0 aromatic heterocycles. The summed E-state index contributed by atoms with van der Waals surface area (Å²) in [6, 6.07) is 7.04. The quantitative estimate of drug-likeness (QED) is 0.888. The van der Waals surface area contributed by atoms with Gasteiger partial charge in [-0.15, -0.1) is 0 Å². The molecular weight excluding hydrogens is 314 g/mol. The van der Waals surface area contributed by atoms with Crippen LogP contribution in [0, 0.1) is 13.8 Å². The maximum atomic E-state index is 11.6. The van der Waals surface area contributed by atoms with Crippen LogP contribution in [-0.2, 0) is 4.79 Å². The van der Waals surface area contributed by atoms with Crippen LogP contribution in [0.4, 0.5) is 5.69 Å². The Morgan fingerprint density at radius 3 is 2.48 bits per heavy atom. The zero-order valence-electron chi connectivity index (χ0n) is 15.7. The van der Waals surface area contributed by atoms with Gasteiger partial charge >= 0.3 is 0 Å². The fraction of sp³-hybridized carbons (Fsp3) is 0.650. The van der Waals surface area contributed by atoms with Gasteiger partial charge in [0, 0.05) is 57.9 Å². The van der Waals surface area contributed by atoms with Gasteiger partial charge in [-0.2, -0.15) is 0 Å². The molecule has 0 aliphatic carbocycles. The van der Waals surface area contributed by atoms with Crippen molar-refractivity contribution in [3.05, 3.63) is 29.3 Å². The van der Waals surface area contributed by atoms with Crippen molar-refractivity contribution in [2.24, 2.45) is 0 Å². The van der Waals surface area contributed by atoms with Gasteiger partial charge in [0.05, 0.1) is 6.10 Å². The van der Waals surface area contributed by atoms with Crippen LogP contribution in [0.5, 0.6) is 0 Å². The van der Waals surface area contributed by atoms with E-state index in [1.807, 2.05) is 0 Å². The number of β-amino-alcohol motifs (C(OH)–C–C–N with tert-alkyl or cyclic N) is 1. The molecule has 0 radical (unpaired) electrons. The Hall–Kier alpha value is -1.59. The molecule has 25 heavy (non-hydrogen) atoms. The highest BCUT2D eigenvalue weighted by Gasteiger charge is 2.30. The van der Waals surface area contributed by atoms with E-state index in [0.29, 0.717) is 19.1 Å². The molecule has 1 aromatic rings. The third-order valence-electron chi connectivity index (χ3n) is 5.88. The average molecular weight is 345 g/mol. The number of rotatable bonds is 2. The van der Waals surface area contributed by atoms with Gasteiger partial charge in [0.1, 0.15) is 0 Å². The highest BCUT2D eigenvalue weighted by molar-refractivity contribution is 5.73. The lowest BCUT2D eigenvalue weighted by atomic mass is 10.00. The Kier molecular flexibility index (Phi) is 5.64. The van der Waals surface area contributed by atoms with Crippen LogP contribution in [0.15, 0.2) is 18.2 Å². The van der Waals surface area contributed by atoms with E-state index in [1.54, 1.807) is 11.8 Å². The van der Waals surface area contributed by atoms with Crippen molar-refractivity contribution >= 4 is 11.6 Å². The summed E-state index contributed by atoms with van der Waals surface area (Å²) in [4.78, 5) is 18.3. The van der Waals surface area contributed by atoms with Gasteiger partial charge in [-0.05, 0) is 43.9 Å². The Bertz CT molecular complexity index is 611. The first-order chi connectivity index (χ1) is 12.0. The Balaban J connectivity index is 1.60. The first kappa shape index (κ1) is 18.2. The molecule has 1 amide bonds. The van der Waals surface area contributed by atoms with Crippen LogP contribution in [0.25, 0.3) is 0 Å². The Morgan fingerprint density at radius 1 is 1.08 bits per heavy atom. The van der Waals surface area contributed by atoms with Crippen LogP contribution in [0.2, 0.25) is 0 Å². The number of piperidine rings is 1. The number of carbonyl (C=O) groups excluding carboxylic acids is 1. The van der Waals surface area contributed by atoms with Crippen LogP contribution in [0.3, 0.4) is 0 Å². The monoisotopic (exact) mass is 345 g/mol. The molecule has 138 valence electrons. The van der Waals surface area contributed by atoms with E-state index in [2.05, 4.69) is 41.8 Å². The predicted octanol–water partition coefficient (Wildman–Crippen LogP) is 1.80. The fourth-order valence-electron chi connectivity index (χ4n) is 4.18. The molecule has 1 aromatic carbocycles. The number of amides is 1. The maximum Gasteiger partial charge on any atom is 0.219 e. The van der Waals surface area contributed by atoms with Crippen molar-refractivity contribution in [1.82, 2.24) is 9.80 Å². The number of hydrogen-bond acceptors (Lipinski definition) is 4. The largest absolute Gasteiger partial charge is 0.390 e. The minimum absolute atomic E-state index is 0.0608. The molecule has 5 nitrogen and oxygen atoms in total. The number of nitrogens with zero attached hydrogens (tertiary/aromatic N) is 3. The minimum Gasteiger partial charge on any atom is -0.390 e. The molecule has 1 atom stereocenters. The number of aliphatic hydroxyl groups excluding tert-OH is 1. The summed E-state index contributed by atoms with van der Waals surface area (Å²) in [6.45, 7) is 10.8. The van der Waals surface area contributed by atoms with Crippen LogP contribution >= 0.6 is 0 Å². The summed E-state index contributed by atoms with van der Waals surface area (Å²) in [6.07, 6.45) is 1.78. The minimum atomic E-state index is -0.441. The van der Waals surface area contributed by atoms with Gasteiger partial charge in [-0.25, -0.2) is 0 Å². The number of aryl methyl sites for hydroxylation is 1. The van der Waals surface area contributed by atoms with E-state index in [9.17, 15) is 9.90 Å². The number of aliphatic hydroxyl groups is 1. The lowest BCUT2D eigenvalue weighted by molar-refractivity contribution is -0.129. The smallest absolute Gasteiger partial charge is 0.219 e. The van der Waals surface area contributed by atoms with E-state index in [4.69, 9.17) is 0 Å². The van der Waals surface area contributed by atoms with Crippen molar-refractivity contribution < 1.29 is 9.90 Å². The average Bonchev–Trinajstić information content (AvgIpc) is 2.79. The first-order valence-corrected chi connectivity index (χ1v) is 9.44. The molecule has 0 bridgehead atoms. The summed E-state index contributed by atoms with van der Waals surface area (Å²) in [5.74, 6) is 0.0608. The van der Waals surface area contributed by atoms with Crippen molar-refractivity contribution in [3.63, 3.8) is 0 Å². The molecule has 3 rings (SSSR count). The van der Waals surface area contributed by atoms with E-state index >= 15 is 0 Å². The van der Waals surface area contributed by atoms with E-state index in [-0.39, 0.29) is 5.91 Å². The molecule has 2 aliphatic rings. The third-order valence-corrected chi connectivity index (χ3v) is 5.88. The van der Waals surface area contributed by atoms with E-state index in [0.717, 1.165) is 39.0 Å². The number of carbonyl (C=O) groups is 1. The molecule has 1 N–H and O–H groups in total. The molecule has 2 saturated heterocycles. The molecule has 0 spiro atoms. The van der Waals surface area contributed by atoms with Crippen LogP contribution < -0.4 is 4.90 Å². The van der Waals surface area contributed by atoms with Gasteiger partial charge in [-0.1, -0.05) is 12.1 Å². The molecule has 2 heterocycles. The Labute approximate surface area is 151 Å². The second kappa shape index (κ2) is 7.75. The zero-order chi connectivity index (χ0) is 18.0. The van der Waals surface area contributed by atoms with E-state index < -0.39 is 6.10 Å². The molecular formula is C20H31N3O2. The fourth-order valence-corrected chi connectivity index (χ4v) is 4.18. The predicted molar refractivity (Wildman–Crippen MR) is 101 cm³/mol. The molecule has 1 unspecified atom stereocenters. The third kappa shape index (κ3) is 4.15. The standard InChI is InChI=1S/C20H31N3O2/c1-15-5-4-6-20(16(15)2)21-9-7-18(8-10-21)23-12-11-22(17(3)24)13-19(25)14-23/h4-6,18-19,25H,7-14H2,1-3H3. The number of anilines is 1. The lowest BCUT2D eigenvalue weighted by Gasteiger charge is -2.40.